The Kier molecular flexibility index (Phi) is 4.84. The highest BCUT2D eigenvalue weighted by atomic mass is 16.3. The van der Waals surface area contributed by atoms with Crippen LogP contribution in [-0.4, -0.2) is 0 Å². The predicted octanol–water partition coefficient (Wildman–Crippen LogP) is 15.0. The molecular weight excluding hydrogens is 655 g/mol. The summed E-state index contributed by atoms with van der Waals surface area (Å²) in [6.45, 7) is 0. The second-order valence-electron chi connectivity index (χ2n) is 13.2. The number of anilines is 3. The van der Waals surface area contributed by atoms with Crippen molar-refractivity contribution >= 4 is 82.1 Å². The number of para-hydroxylation sites is 1. The molecule has 0 fully saturated rings. The lowest BCUT2D eigenvalue weighted by Gasteiger charge is -2.29. The van der Waals surface area contributed by atoms with E-state index in [1.54, 1.807) is 24.3 Å². The lowest BCUT2D eigenvalue weighted by atomic mass is 9.95. The third kappa shape index (κ3) is 4.81. The van der Waals surface area contributed by atoms with E-state index in [0.29, 0.717) is 27.9 Å². The van der Waals surface area contributed by atoms with Gasteiger partial charge in [-0.3, -0.25) is 0 Å². The number of rotatable bonds is 5. The van der Waals surface area contributed by atoms with Crippen LogP contribution in [0.5, 0.6) is 0 Å². The van der Waals surface area contributed by atoms with E-state index in [1.165, 1.54) is 4.90 Å². The van der Waals surface area contributed by atoms with Gasteiger partial charge in [0.1, 0.15) is 11.2 Å². The van der Waals surface area contributed by atoms with Crippen molar-refractivity contribution in [2.75, 3.05) is 4.90 Å². The number of hydrogen-bond donors (Lipinski definition) is 0. The molecule has 2 nitrogen and oxygen atoms in total. The van der Waals surface area contributed by atoms with Crippen LogP contribution < -0.4 is 4.90 Å². The van der Waals surface area contributed by atoms with Gasteiger partial charge in [0.25, 0.3) is 0 Å². The fraction of sp³-hybridized carbons (Fsp3) is 0. The molecule has 2 heteroatoms. The van der Waals surface area contributed by atoms with Crippen molar-refractivity contribution in [3.05, 3.63) is 200 Å². The molecule has 54 heavy (non-hydrogen) atoms. The predicted molar refractivity (Wildman–Crippen MR) is 229 cm³/mol. The first-order valence-corrected chi connectivity index (χ1v) is 17.6. The first-order chi connectivity index (χ1) is 31.4. The van der Waals surface area contributed by atoms with Crippen molar-refractivity contribution in [3.63, 3.8) is 0 Å². The van der Waals surface area contributed by atoms with E-state index in [2.05, 4.69) is 0 Å². The number of nitrogens with zero attached hydrogens (tertiary/aromatic N) is 1. The molecule has 10 aromatic carbocycles. The van der Waals surface area contributed by atoms with Crippen molar-refractivity contribution in [2.45, 2.75) is 0 Å². The molecule has 0 amide bonds. The third-order valence-corrected chi connectivity index (χ3v) is 10.2. The molecule has 0 spiro atoms. The van der Waals surface area contributed by atoms with Crippen LogP contribution in [-0.2, 0) is 0 Å². The van der Waals surface area contributed by atoms with Gasteiger partial charge >= 0.3 is 0 Å². The van der Waals surface area contributed by atoms with Crippen LogP contribution in [0.1, 0.15) is 15.1 Å². The Balaban J connectivity index is 1.24. The molecule has 0 aliphatic carbocycles. The zero-order valence-corrected chi connectivity index (χ0v) is 28.6. The van der Waals surface area contributed by atoms with E-state index in [9.17, 15) is 8.22 Å². The quantitative estimate of drug-likeness (QED) is 0.166. The Morgan fingerprint density at radius 2 is 1.09 bits per heavy atom. The third-order valence-electron chi connectivity index (χ3n) is 10.2. The smallest absolute Gasteiger partial charge is 0.143 e. The molecule has 0 radical (unpaired) electrons. The van der Waals surface area contributed by atoms with Gasteiger partial charge in [-0.2, -0.15) is 0 Å². The van der Waals surface area contributed by atoms with Crippen LogP contribution >= 0.6 is 0 Å². The molecule has 252 valence electrons. The van der Waals surface area contributed by atoms with Crippen molar-refractivity contribution in [1.82, 2.24) is 0 Å². The fourth-order valence-electron chi connectivity index (χ4n) is 7.72. The summed E-state index contributed by atoms with van der Waals surface area (Å²) in [4.78, 5) is 1.31. The highest BCUT2D eigenvalue weighted by Crippen LogP contribution is 2.47. The Morgan fingerprint density at radius 1 is 0.407 bits per heavy atom. The van der Waals surface area contributed by atoms with Crippen LogP contribution in [0, 0.1) is 0 Å². The van der Waals surface area contributed by atoms with Crippen LogP contribution in [0.3, 0.4) is 0 Å². The molecule has 0 saturated carbocycles. The summed E-state index contributed by atoms with van der Waals surface area (Å²) in [5.41, 5.74) is 2.45. The Hall–Kier alpha value is -7.16. The van der Waals surface area contributed by atoms with Gasteiger partial charge in [-0.05, 0) is 91.4 Å². The zero-order valence-electron chi connectivity index (χ0n) is 39.6. The average Bonchev–Trinajstić information content (AvgIpc) is 3.73. The van der Waals surface area contributed by atoms with Crippen LogP contribution in [0.25, 0.3) is 87.3 Å². The van der Waals surface area contributed by atoms with Gasteiger partial charge in [-0.1, -0.05) is 158 Å². The van der Waals surface area contributed by atoms with Crippen molar-refractivity contribution in [1.29, 1.82) is 0 Å². The minimum absolute atomic E-state index is 0.0365. The molecular formula is C52H33NO. The van der Waals surface area contributed by atoms with Crippen LogP contribution in [0.2, 0.25) is 0 Å². The second-order valence-corrected chi connectivity index (χ2v) is 13.2. The number of furan rings is 1. The van der Waals surface area contributed by atoms with E-state index in [4.69, 9.17) is 11.3 Å². The van der Waals surface area contributed by atoms with E-state index in [-0.39, 0.29) is 45.5 Å². The van der Waals surface area contributed by atoms with Gasteiger partial charge in [0.05, 0.1) is 26.5 Å². The second kappa shape index (κ2) is 12.2. The highest BCUT2D eigenvalue weighted by Gasteiger charge is 2.22. The number of fused-ring (bicyclic) bond motifs is 9. The summed E-state index contributed by atoms with van der Waals surface area (Å²) in [5, 5.41) is 6.70. The molecule has 0 N–H and O–H groups in total. The van der Waals surface area contributed by atoms with Gasteiger partial charge in [0, 0.05) is 32.8 Å². The Morgan fingerprint density at radius 3 is 2.00 bits per heavy atom. The molecule has 0 bridgehead atoms. The first kappa shape index (κ1) is 21.4. The molecule has 1 aromatic heterocycles. The highest BCUT2D eigenvalue weighted by molar-refractivity contribution is 6.20. The first-order valence-electron chi connectivity index (χ1n) is 23.1. The van der Waals surface area contributed by atoms with E-state index in [1.807, 2.05) is 109 Å². The average molecular weight is 699 g/mol. The van der Waals surface area contributed by atoms with Crippen molar-refractivity contribution in [3.8, 4) is 22.3 Å². The fourth-order valence-corrected chi connectivity index (χ4v) is 7.72. The summed E-state index contributed by atoms with van der Waals surface area (Å²) >= 11 is 0. The molecule has 11 rings (SSSR count). The van der Waals surface area contributed by atoms with E-state index >= 15 is 0 Å². The van der Waals surface area contributed by atoms with Gasteiger partial charge < -0.3 is 9.32 Å². The zero-order chi connectivity index (χ0) is 45.2. The maximum atomic E-state index is 9.79. The van der Waals surface area contributed by atoms with Gasteiger partial charge in [0.15, 0.2) is 0 Å². The molecule has 0 aliphatic heterocycles. The standard InChI is InChI=1S/C52H33NO/c1-4-15-41-36(12-1)23-24-39-33-38(28-31-42(39)41)34-25-29-40(30-26-34)53(48-21-9-14-35-11-2-5-16-43(35)48)49-20-8-7-18-45(49)46-19-10-22-50-51(46)47-32-27-37-13-3-6-17-44(37)52(47)54-50/h1-33H/i2D,5D,9D,11D,14D,16D,21D,25D,26D,29D,30D. The van der Waals surface area contributed by atoms with Gasteiger partial charge in [0.2, 0.25) is 0 Å². The Bertz CT molecular complexity index is 3840. The maximum Gasteiger partial charge on any atom is 0.143 e. The van der Waals surface area contributed by atoms with E-state index < -0.39 is 54.4 Å². The monoisotopic (exact) mass is 698 g/mol. The summed E-state index contributed by atoms with van der Waals surface area (Å²) in [7, 11) is 0. The van der Waals surface area contributed by atoms with Crippen molar-refractivity contribution < 1.29 is 19.5 Å². The van der Waals surface area contributed by atoms with E-state index in [0.717, 1.165) is 43.1 Å². The number of hydrogen-bond acceptors (Lipinski definition) is 2. The summed E-state index contributed by atoms with van der Waals surface area (Å²) in [5.74, 6) is 0. The normalized spacial score (nSPS) is 14.6. The largest absolute Gasteiger partial charge is 0.455 e. The lowest BCUT2D eigenvalue weighted by Crippen LogP contribution is -2.11. The molecule has 0 unspecified atom stereocenters. The van der Waals surface area contributed by atoms with Crippen LogP contribution in [0.4, 0.5) is 17.1 Å². The minimum Gasteiger partial charge on any atom is -0.455 e. The Labute approximate surface area is 328 Å². The molecule has 1 heterocycles. The van der Waals surface area contributed by atoms with Crippen LogP contribution in [0.15, 0.2) is 204 Å². The van der Waals surface area contributed by atoms with Crippen molar-refractivity contribution in [2.24, 2.45) is 0 Å². The summed E-state index contributed by atoms with van der Waals surface area (Å²) in [6.07, 6.45) is 0. The minimum atomic E-state index is -0.648. The molecule has 0 aliphatic rings. The summed E-state index contributed by atoms with van der Waals surface area (Å²) < 4.78 is 108. The summed E-state index contributed by atoms with van der Waals surface area (Å²) in [6, 6.07) is 35.8. The topological polar surface area (TPSA) is 16.4 Å². The lowest BCUT2D eigenvalue weighted by molar-refractivity contribution is 0.673. The molecule has 11 aromatic rings. The van der Waals surface area contributed by atoms with Gasteiger partial charge in [-0.15, -0.1) is 0 Å². The SMILES string of the molecule is [2H]c1c([2H])c(N(c2ccccc2-c2cccc3oc4c5ccccc5ccc4c23)c2c([2H])c([2H])c([2H])c3c([2H])c([2H])c([2H])c([2H])c23)c([2H])c([2H])c1-c1ccc2c(ccc3ccccc32)c1. The maximum absolute atomic E-state index is 9.79. The number of benzene rings is 10. The molecule has 0 saturated heterocycles. The van der Waals surface area contributed by atoms with Gasteiger partial charge in [-0.25, -0.2) is 0 Å². The molecule has 0 atom stereocenters.